The van der Waals surface area contributed by atoms with Crippen molar-refractivity contribution in [2.45, 2.75) is 65.3 Å². The van der Waals surface area contributed by atoms with Gasteiger partial charge in [-0.25, -0.2) is 4.39 Å². The number of rotatable bonds is 18. The Hall–Kier alpha value is -1.29. The lowest BCUT2D eigenvalue weighted by atomic mass is 10.0. The van der Waals surface area contributed by atoms with Gasteiger partial charge < -0.3 is 30.2 Å². The van der Waals surface area contributed by atoms with E-state index in [2.05, 4.69) is 29.8 Å². The highest BCUT2D eigenvalue weighted by atomic mass is 19.1. The summed E-state index contributed by atoms with van der Waals surface area (Å²) in [6, 6.07) is 0.506. The zero-order chi connectivity index (χ0) is 22.1. The van der Waals surface area contributed by atoms with Crippen LogP contribution in [0.15, 0.2) is 0 Å². The third-order valence-electron chi connectivity index (χ3n) is 4.26. The van der Waals surface area contributed by atoms with E-state index in [4.69, 9.17) is 14.2 Å². The maximum Gasteiger partial charge on any atom is 0.246 e. The molecule has 0 aromatic heterocycles. The van der Waals surface area contributed by atoms with Gasteiger partial charge >= 0.3 is 0 Å². The van der Waals surface area contributed by atoms with Crippen LogP contribution < -0.4 is 16.0 Å². The van der Waals surface area contributed by atoms with E-state index in [1.165, 1.54) is 20.8 Å². The van der Waals surface area contributed by atoms with Gasteiger partial charge in [0.2, 0.25) is 11.8 Å². The van der Waals surface area contributed by atoms with E-state index in [-0.39, 0.29) is 25.0 Å². The van der Waals surface area contributed by atoms with Crippen LogP contribution in [-0.4, -0.2) is 82.3 Å². The first-order valence-electron chi connectivity index (χ1n) is 10.4. The number of amides is 2. The predicted molar refractivity (Wildman–Crippen MR) is 111 cm³/mol. The molecule has 0 aliphatic rings. The standard InChI is InChI=1S/C20H40FN3O5/c1-6-7-16(2)22-8-10-27-12-13-28-11-9-23-19(26)15-29-20(4,5)18(21)14-24-17(3)25/h16,18,22H,6-15H2,1-5H3,(H,23,26)(H,24,25). The van der Waals surface area contributed by atoms with E-state index >= 15 is 0 Å². The summed E-state index contributed by atoms with van der Waals surface area (Å²) < 4.78 is 30.3. The summed E-state index contributed by atoms with van der Waals surface area (Å²) in [5, 5.41) is 8.42. The Morgan fingerprint density at radius 2 is 1.66 bits per heavy atom. The monoisotopic (exact) mass is 421 g/mol. The molecule has 0 saturated heterocycles. The molecule has 2 unspecified atom stereocenters. The molecular formula is C20H40FN3O5. The minimum atomic E-state index is -1.42. The van der Waals surface area contributed by atoms with E-state index in [1.807, 2.05) is 0 Å². The summed E-state index contributed by atoms with van der Waals surface area (Å²) >= 11 is 0. The van der Waals surface area contributed by atoms with Crippen LogP contribution in [0.1, 0.15) is 47.5 Å². The van der Waals surface area contributed by atoms with Crippen LogP contribution in [0.2, 0.25) is 0 Å². The van der Waals surface area contributed by atoms with E-state index < -0.39 is 11.8 Å². The van der Waals surface area contributed by atoms with E-state index in [0.717, 1.165) is 19.4 Å². The molecule has 0 rings (SSSR count). The molecule has 0 bridgehead atoms. The summed E-state index contributed by atoms with van der Waals surface area (Å²) in [5.74, 6) is -0.665. The number of halogens is 1. The second kappa shape index (κ2) is 16.5. The normalized spacial score (nSPS) is 13.7. The minimum absolute atomic E-state index is 0.159. The van der Waals surface area contributed by atoms with Crippen LogP contribution in [-0.2, 0) is 23.8 Å². The number of hydrogen-bond donors (Lipinski definition) is 3. The van der Waals surface area contributed by atoms with Crippen LogP contribution in [0.25, 0.3) is 0 Å². The highest BCUT2D eigenvalue weighted by molar-refractivity contribution is 5.77. The van der Waals surface area contributed by atoms with Crippen LogP contribution in [0.4, 0.5) is 4.39 Å². The Balaban J connectivity index is 3.61. The minimum Gasteiger partial charge on any atom is -0.378 e. The lowest BCUT2D eigenvalue weighted by Crippen LogP contribution is -2.45. The highest BCUT2D eigenvalue weighted by Gasteiger charge is 2.31. The molecule has 29 heavy (non-hydrogen) atoms. The first-order chi connectivity index (χ1) is 13.7. The molecule has 0 aliphatic heterocycles. The SMILES string of the molecule is CCCC(C)NCCOCCOCCNC(=O)COC(C)(C)C(F)CNC(C)=O. The van der Waals surface area contributed by atoms with Gasteiger partial charge in [-0.15, -0.1) is 0 Å². The number of carbonyl (C=O) groups excluding carboxylic acids is 2. The fourth-order valence-electron chi connectivity index (χ4n) is 2.37. The summed E-state index contributed by atoms with van der Waals surface area (Å²) in [5.41, 5.74) is -1.18. The second-order valence-electron chi connectivity index (χ2n) is 7.52. The van der Waals surface area contributed by atoms with Gasteiger partial charge in [0.05, 0.1) is 38.6 Å². The van der Waals surface area contributed by atoms with Crippen molar-refractivity contribution in [3.8, 4) is 0 Å². The summed E-state index contributed by atoms with van der Waals surface area (Å²) in [6.45, 7) is 11.4. The van der Waals surface area contributed by atoms with Crippen LogP contribution in [0.3, 0.4) is 0 Å². The Bertz CT molecular complexity index is 452. The maximum atomic E-state index is 14.1. The molecule has 0 aromatic rings. The summed E-state index contributed by atoms with van der Waals surface area (Å²) in [4.78, 5) is 22.6. The average Bonchev–Trinajstić information content (AvgIpc) is 2.66. The van der Waals surface area contributed by atoms with Crippen molar-refractivity contribution < 1.29 is 28.2 Å². The van der Waals surface area contributed by atoms with Gasteiger partial charge in [0.25, 0.3) is 0 Å². The average molecular weight is 422 g/mol. The van der Waals surface area contributed by atoms with E-state index in [0.29, 0.717) is 39.0 Å². The number of hydrogen-bond acceptors (Lipinski definition) is 6. The van der Waals surface area contributed by atoms with Gasteiger partial charge in [-0.2, -0.15) is 0 Å². The van der Waals surface area contributed by atoms with Gasteiger partial charge in [-0.1, -0.05) is 13.3 Å². The van der Waals surface area contributed by atoms with Gasteiger partial charge in [-0.3, -0.25) is 9.59 Å². The van der Waals surface area contributed by atoms with Crippen molar-refractivity contribution in [1.29, 1.82) is 0 Å². The largest absolute Gasteiger partial charge is 0.378 e. The molecule has 0 heterocycles. The van der Waals surface area contributed by atoms with Crippen molar-refractivity contribution in [2.24, 2.45) is 0 Å². The van der Waals surface area contributed by atoms with Crippen LogP contribution >= 0.6 is 0 Å². The molecule has 0 saturated carbocycles. The first-order valence-corrected chi connectivity index (χ1v) is 10.4. The van der Waals surface area contributed by atoms with Crippen LogP contribution in [0.5, 0.6) is 0 Å². The molecule has 0 radical (unpaired) electrons. The van der Waals surface area contributed by atoms with Crippen molar-refractivity contribution in [1.82, 2.24) is 16.0 Å². The quantitative estimate of drug-likeness (QED) is 0.288. The fraction of sp³-hybridized carbons (Fsp3) is 0.900. The van der Waals surface area contributed by atoms with Crippen molar-refractivity contribution in [3.05, 3.63) is 0 Å². The molecule has 172 valence electrons. The third kappa shape index (κ3) is 16.2. The predicted octanol–water partition coefficient (Wildman–Crippen LogP) is 1.18. The van der Waals surface area contributed by atoms with Crippen molar-refractivity contribution in [3.63, 3.8) is 0 Å². The molecule has 0 fully saturated rings. The molecule has 0 aromatic carbocycles. The second-order valence-corrected chi connectivity index (χ2v) is 7.52. The zero-order valence-corrected chi connectivity index (χ0v) is 18.6. The molecule has 0 spiro atoms. The molecule has 2 amide bonds. The Labute approximate surface area is 174 Å². The van der Waals surface area contributed by atoms with E-state index in [1.54, 1.807) is 0 Å². The Kier molecular flexibility index (Phi) is 15.8. The molecule has 2 atom stereocenters. The number of nitrogens with one attached hydrogen (secondary N) is 3. The molecule has 0 aliphatic carbocycles. The fourth-order valence-corrected chi connectivity index (χ4v) is 2.37. The van der Waals surface area contributed by atoms with E-state index in [9.17, 15) is 14.0 Å². The lowest BCUT2D eigenvalue weighted by Gasteiger charge is -2.28. The number of carbonyl (C=O) groups is 2. The van der Waals surface area contributed by atoms with Crippen LogP contribution in [0, 0.1) is 0 Å². The lowest BCUT2D eigenvalue weighted by molar-refractivity contribution is -0.136. The molecular weight excluding hydrogens is 381 g/mol. The summed E-state index contributed by atoms with van der Waals surface area (Å²) in [7, 11) is 0. The third-order valence-corrected chi connectivity index (χ3v) is 4.26. The molecule has 3 N–H and O–H groups in total. The van der Waals surface area contributed by atoms with Gasteiger partial charge in [0.1, 0.15) is 12.8 Å². The topological polar surface area (TPSA) is 97.9 Å². The highest BCUT2D eigenvalue weighted by Crippen LogP contribution is 2.17. The van der Waals surface area contributed by atoms with Gasteiger partial charge in [0.15, 0.2) is 0 Å². The van der Waals surface area contributed by atoms with Crippen molar-refractivity contribution in [2.75, 3.05) is 52.7 Å². The first kappa shape index (κ1) is 27.7. The number of ether oxygens (including phenoxy) is 3. The van der Waals surface area contributed by atoms with Gasteiger partial charge in [0, 0.05) is 26.1 Å². The number of alkyl halides is 1. The smallest absolute Gasteiger partial charge is 0.246 e. The summed E-state index contributed by atoms with van der Waals surface area (Å²) in [6.07, 6.45) is 0.897. The Morgan fingerprint density at radius 3 is 2.24 bits per heavy atom. The maximum absolute atomic E-state index is 14.1. The zero-order valence-electron chi connectivity index (χ0n) is 18.6. The molecule has 8 nitrogen and oxygen atoms in total. The molecule has 9 heteroatoms. The van der Waals surface area contributed by atoms with Crippen molar-refractivity contribution >= 4 is 11.8 Å². The Morgan fingerprint density at radius 1 is 1.03 bits per heavy atom. The van der Waals surface area contributed by atoms with Gasteiger partial charge in [-0.05, 0) is 27.2 Å².